The lowest BCUT2D eigenvalue weighted by atomic mass is 9.71. The molecule has 25 heavy (non-hydrogen) atoms. The summed E-state index contributed by atoms with van der Waals surface area (Å²) in [6, 6.07) is 0. The first-order valence-corrected chi connectivity index (χ1v) is 8.92. The van der Waals surface area contributed by atoms with E-state index in [1.54, 1.807) is 6.92 Å². The van der Waals surface area contributed by atoms with Gasteiger partial charge >= 0.3 is 11.9 Å². The summed E-state index contributed by atoms with van der Waals surface area (Å²) in [4.78, 5) is 24.1. The molecule has 2 aliphatic carbocycles. The number of fused-ring (bicyclic) bond motifs is 3. The highest BCUT2D eigenvalue weighted by Crippen LogP contribution is 2.58. The number of hydrogen-bond acceptors (Lipinski definition) is 6. The lowest BCUT2D eigenvalue weighted by molar-refractivity contribution is -0.177. The van der Waals surface area contributed by atoms with Gasteiger partial charge in [0.15, 0.2) is 11.7 Å². The summed E-state index contributed by atoms with van der Waals surface area (Å²) in [5.41, 5.74) is -2.77. The molecule has 0 spiro atoms. The summed E-state index contributed by atoms with van der Waals surface area (Å²) in [7, 11) is 0. The molecule has 0 aromatic heterocycles. The fourth-order valence-electron chi connectivity index (χ4n) is 5.30. The van der Waals surface area contributed by atoms with E-state index in [1.807, 2.05) is 13.8 Å². The zero-order chi connectivity index (χ0) is 18.9. The zero-order valence-corrected chi connectivity index (χ0v) is 15.8. The van der Waals surface area contributed by atoms with Crippen molar-refractivity contribution in [3.05, 3.63) is 11.1 Å². The molecule has 0 unspecified atom stereocenters. The second-order valence-electron chi connectivity index (χ2n) is 8.52. The summed E-state index contributed by atoms with van der Waals surface area (Å²) in [5, 5.41) is 22.3. The molecule has 1 aliphatic heterocycles. The van der Waals surface area contributed by atoms with Crippen LogP contribution >= 0.6 is 0 Å². The minimum atomic E-state index is -2.01. The topological polar surface area (TPSA) is 93.1 Å². The van der Waals surface area contributed by atoms with Gasteiger partial charge in [-0.3, -0.25) is 4.79 Å². The van der Waals surface area contributed by atoms with Crippen molar-refractivity contribution in [1.29, 1.82) is 0 Å². The van der Waals surface area contributed by atoms with Crippen molar-refractivity contribution in [2.75, 3.05) is 0 Å². The first-order valence-electron chi connectivity index (χ1n) is 8.92. The second-order valence-corrected chi connectivity index (χ2v) is 8.52. The van der Waals surface area contributed by atoms with E-state index in [9.17, 15) is 19.8 Å². The Balaban J connectivity index is 2.22. The number of rotatable bonds is 1. The lowest BCUT2D eigenvalue weighted by Gasteiger charge is -2.40. The molecule has 1 heterocycles. The Morgan fingerprint density at radius 3 is 2.44 bits per heavy atom. The quantitative estimate of drug-likeness (QED) is 0.551. The Morgan fingerprint density at radius 2 is 1.88 bits per heavy atom. The maximum Gasteiger partial charge on any atom is 0.341 e. The number of esters is 2. The molecule has 3 rings (SSSR count). The van der Waals surface area contributed by atoms with Gasteiger partial charge in [0.25, 0.3) is 0 Å². The Morgan fingerprint density at radius 1 is 1.28 bits per heavy atom. The number of allylic oxidation sites excluding steroid dienone is 1. The largest absolute Gasteiger partial charge is 0.459 e. The van der Waals surface area contributed by atoms with E-state index in [1.165, 1.54) is 13.8 Å². The summed E-state index contributed by atoms with van der Waals surface area (Å²) in [5.74, 6) is -1.63. The molecule has 3 aliphatic rings. The molecule has 0 amide bonds. The monoisotopic (exact) mass is 352 g/mol. The highest BCUT2D eigenvalue weighted by atomic mass is 16.6. The smallest absolute Gasteiger partial charge is 0.341 e. The third-order valence-corrected chi connectivity index (χ3v) is 6.82. The van der Waals surface area contributed by atoms with Crippen molar-refractivity contribution in [1.82, 2.24) is 0 Å². The second kappa shape index (κ2) is 5.30. The van der Waals surface area contributed by atoms with Gasteiger partial charge in [-0.2, -0.15) is 0 Å². The van der Waals surface area contributed by atoms with Crippen molar-refractivity contribution in [3.63, 3.8) is 0 Å². The van der Waals surface area contributed by atoms with Crippen LogP contribution in [0, 0.1) is 17.8 Å². The van der Waals surface area contributed by atoms with Gasteiger partial charge in [-0.25, -0.2) is 4.79 Å². The van der Waals surface area contributed by atoms with E-state index in [0.29, 0.717) is 6.42 Å². The average molecular weight is 352 g/mol. The Labute approximate surface area is 148 Å². The van der Waals surface area contributed by atoms with Crippen LogP contribution in [0.2, 0.25) is 0 Å². The molecule has 7 atom stereocenters. The first kappa shape index (κ1) is 18.4. The van der Waals surface area contributed by atoms with Crippen molar-refractivity contribution < 1.29 is 29.3 Å². The van der Waals surface area contributed by atoms with E-state index in [0.717, 1.165) is 17.6 Å². The van der Waals surface area contributed by atoms with Crippen LogP contribution in [0.3, 0.4) is 0 Å². The third-order valence-electron chi connectivity index (χ3n) is 6.82. The molecule has 1 saturated heterocycles. The third kappa shape index (κ3) is 2.23. The molecule has 0 radical (unpaired) electrons. The fourth-order valence-corrected chi connectivity index (χ4v) is 5.30. The zero-order valence-electron chi connectivity index (χ0n) is 15.8. The highest BCUT2D eigenvalue weighted by molar-refractivity contribution is 5.84. The number of aliphatic hydroxyl groups is 2. The van der Waals surface area contributed by atoms with Gasteiger partial charge in [-0.1, -0.05) is 19.4 Å². The van der Waals surface area contributed by atoms with Crippen LogP contribution in [0.25, 0.3) is 0 Å². The summed E-state index contributed by atoms with van der Waals surface area (Å²) in [6.07, 6.45) is 0.169. The van der Waals surface area contributed by atoms with E-state index in [-0.39, 0.29) is 17.8 Å². The van der Waals surface area contributed by atoms with Crippen LogP contribution in [0.4, 0.5) is 0 Å². The van der Waals surface area contributed by atoms with E-state index in [4.69, 9.17) is 9.47 Å². The van der Waals surface area contributed by atoms with Crippen LogP contribution in [-0.2, 0) is 19.1 Å². The van der Waals surface area contributed by atoms with E-state index in [2.05, 4.69) is 6.92 Å². The average Bonchev–Trinajstić information content (AvgIpc) is 2.84. The molecular weight excluding hydrogens is 324 g/mol. The molecule has 6 heteroatoms. The van der Waals surface area contributed by atoms with Gasteiger partial charge in [-0.15, -0.1) is 0 Å². The van der Waals surface area contributed by atoms with Crippen LogP contribution in [0.15, 0.2) is 11.1 Å². The Hall–Kier alpha value is -1.40. The minimum absolute atomic E-state index is 0.158. The molecule has 1 saturated carbocycles. The van der Waals surface area contributed by atoms with E-state index >= 15 is 0 Å². The van der Waals surface area contributed by atoms with Gasteiger partial charge in [0.05, 0.1) is 0 Å². The fraction of sp³-hybridized carbons (Fsp3) is 0.789. The Kier molecular flexibility index (Phi) is 3.90. The van der Waals surface area contributed by atoms with Crippen molar-refractivity contribution in [2.45, 2.75) is 77.3 Å². The van der Waals surface area contributed by atoms with Gasteiger partial charge in [0.2, 0.25) is 0 Å². The summed E-state index contributed by atoms with van der Waals surface area (Å²) < 4.78 is 11.3. The molecule has 0 aromatic rings. The molecular formula is C19H28O6. The summed E-state index contributed by atoms with van der Waals surface area (Å²) >= 11 is 0. The van der Waals surface area contributed by atoms with Crippen LogP contribution in [0.1, 0.15) is 54.4 Å². The van der Waals surface area contributed by atoms with Crippen LogP contribution in [0.5, 0.6) is 0 Å². The van der Waals surface area contributed by atoms with Crippen molar-refractivity contribution in [3.8, 4) is 0 Å². The van der Waals surface area contributed by atoms with Crippen LogP contribution < -0.4 is 0 Å². The number of ether oxygens (including phenoxy) is 2. The lowest BCUT2D eigenvalue weighted by Crippen LogP contribution is -2.60. The predicted octanol–water partition coefficient (Wildman–Crippen LogP) is 1.73. The maximum atomic E-state index is 12.3. The standard InChI is InChI=1S/C19H28O6/c1-9-7-13-14(11(9)3)15-19(23,18(6,22)16(21)24-15)10(2)8-17(13,5)25-12(4)20/h9-10,13,15,22-23H,7-8H2,1-6H3/t9-,10+,13+,15+,17+,18-,19-/m1/s1. The van der Waals surface area contributed by atoms with E-state index < -0.39 is 34.8 Å². The molecule has 0 aromatic carbocycles. The van der Waals surface area contributed by atoms with Gasteiger partial charge in [-0.05, 0) is 51.0 Å². The number of carbonyl (C=O) groups excluding carboxylic acids is 2. The van der Waals surface area contributed by atoms with Gasteiger partial charge in [0.1, 0.15) is 11.2 Å². The molecule has 2 fully saturated rings. The molecule has 140 valence electrons. The number of carbonyl (C=O) groups is 2. The molecule has 2 N–H and O–H groups in total. The minimum Gasteiger partial charge on any atom is -0.459 e. The first-order chi connectivity index (χ1) is 11.4. The van der Waals surface area contributed by atoms with Crippen molar-refractivity contribution in [2.24, 2.45) is 17.8 Å². The van der Waals surface area contributed by atoms with Crippen molar-refractivity contribution >= 4 is 11.9 Å². The maximum absolute atomic E-state index is 12.3. The normalized spacial score (nSPS) is 49.4. The van der Waals surface area contributed by atoms with Crippen LogP contribution in [-0.4, -0.2) is 45.1 Å². The van der Waals surface area contributed by atoms with Gasteiger partial charge in [0, 0.05) is 12.8 Å². The summed E-state index contributed by atoms with van der Waals surface area (Å²) in [6.45, 7) is 10.4. The molecule has 0 bridgehead atoms. The SMILES string of the molecule is CC(=O)O[C@@]1(C)C[C@H](C)[C@@]2(O)[C@@H](OC(=O)[C@@]2(C)O)C2=C(C)[C@H](C)C[C@@H]21. The van der Waals surface area contributed by atoms with Gasteiger partial charge < -0.3 is 19.7 Å². The highest BCUT2D eigenvalue weighted by Gasteiger charge is 2.71. The molecule has 6 nitrogen and oxygen atoms in total. The Bertz CT molecular complexity index is 665. The predicted molar refractivity (Wildman–Crippen MR) is 89.4 cm³/mol. The number of hydrogen-bond donors (Lipinski definition) is 2.